The van der Waals surface area contributed by atoms with E-state index in [1.807, 2.05) is 32.0 Å². The lowest BCUT2D eigenvalue weighted by molar-refractivity contribution is 0.159. The van der Waals surface area contributed by atoms with Crippen LogP contribution >= 0.6 is 27.5 Å². The van der Waals surface area contributed by atoms with E-state index >= 15 is 0 Å². The van der Waals surface area contributed by atoms with Gasteiger partial charge in [-0.1, -0.05) is 41.4 Å². The van der Waals surface area contributed by atoms with Crippen LogP contribution in [0.3, 0.4) is 0 Å². The summed E-state index contributed by atoms with van der Waals surface area (Å²) >= 11 is 9.33. The highest BCUT2D eigenvalue weighted by atomic mass is 79.9. The number of hydrogen-bond donors (Lipinski definition) is 1. The maximum atomic E-state index is 9.15. The minimum absolute atomic E-state index is 0.0931. The lowest BCUT2D eigenvalue weighted by atomic mass is 9.87. The molecule has 0 aliphatic carbocycles. The van der Waals surface area contributed by atoms with Crippen molar-refractivity contribution >= 4 is 27.5 Å². The zero-order chi connectivity index (χ0) is 10.8. The third-order valence-corrected chi connectivity index (χ3v) is 2.71. The minimum atomic E-state index is -0.0931. The van der Waals surface area contributed by atoms with Crippen LogP contribution in [0.15, 0.2) is 22.7 Å². The van der Waals surface area contributed by atoms with Crippen molar-refractivity contribution in [2.45, 2.75) is 20.3 Å². The molecule has 0 fully saturated rings. The molecule has 3 heteroatoms. The van der Waals surface area contributed by atoms with Gasteiger partial charge in [-0.2, -0.15) is 0 Å². The third-order valence-electron chi connectivity index (χ3n) is 2.03. The van der Waals surface area contributed by atoms with Crippen LogP contribution in [-0.4, -0.2) is 11.7 Å². The Balaban J connectivity index is 2.87. The Morgan fingerprint density at radius 1 is 1.36 bits per heavy atom. The van der Waals surface area contributed by atoms with Crippen LogP contribution in [0.25, 0.3) is 0 Å². The number of aliphatic hydroxyl groups excluding tert-OH is 1. The zero-order valence-electron chi connectivity index (χ0n) is 8.35. The first-order chi connectivity index (χ1) is 6.43. The standard InChI is InChI=1S/C11H14BrClO/c1-11(2,7-14)6-8-3-9(12)5-10(13)4-8/h3-5,14H,6-7H2,1-2H3. The summed E-state index contributed by atoms with van der Waals surface area (Å²) in [5.41, 5.74) is 1.05. The van der Waals surface area contributed by atoms with E-state index in [1.165, 1.54) is 0 Å². The van der Waals surface area contributed by atoms with Crippen molar-refractivity contribution in [3.8, 4) is 0 Å². The van der Waals surface area contributed by atoms with E-state index in [4.69, 9.17) is 16.7 Å². The topological polar surface area (TPSA) is 20.2 Å². The number of hydrogen-bond acceptors (Lipinski definition) is 1. The molecule has 0 amide bonds. The summed E-state index contributed by atoms with van der Waals surface area (Å²) in [7, 11) is 0. The summed E-state index contributed by atoms with van der Waals surface area (Å²) in [4.78, 5) is 0. The van der Waals surface area contributed by atoms with Gasteiger partial charge in [-0.3, -0.25) is 0 Å². The van der Waals surface area contributed by atoms with Crippen molar-refractivity contribution in [1.29, 1.82) is 0 Å². The Morgan fingerprint density at radius 2 is 2.00 bits per heavy atom. The number of halogens is 2. The van der Waals surface area contributed by atoms with Crippen LogP contribution in [0.2, 0.25) is 5.02 Å². The monoisotopic (exact) mass is 276 g/mol. The fourth-order valence-electron chi connectivity index (χ4n) is 1.32. The molecule has 1 aromatic rings. The molecule has 0 saturated heterocycles. The van der Waals surface area contributed by atoms with Crippen LogP contribution < -0.4 is 0 Å². The van der Waals surface area contributed by atoms with Gasteiger partial charge in [0.15, 0.2) is 0 Å². The Bertz CT molecular complexity index is 303. The molecule has 1 rings (SSSR count). The van der Waals surface area contributed by atoms with E-state index in [1.54, 1.807) is 0 Å². The summed E-state index contributed by atoms with van der Waals surface area (Å²) in [5, 5.41) is 9.87. The molecule has 0 saturated carbocycles. The molecule has 1 N–H and O–H groups in total. The van der Waals surface area contributed by atoms with Crippen LogP contribution in [0, 0.1) is 5.41 Å². The van der Waals surface area contributed by atoms with Crippen molar-refractivity contribution in [2.24, 2.45) is 5.41 Å². The molecule has 0 aliphatic rings. The summed E-state index contributed by atoms with van der Waals surface area (Å²) in [6.45, 7) is 4.24. The molecular formula is C11H14BrClO. The molecule has 0 atom stereocenters. The van der Waals surface area contributed by atoms with Crippen molar-refractivity contribution in [3.05, 3.63) is 33.3 Å². The summed E-state index contributed by atoms with van der Waals surface area (Å²) < 4.78 is 0.980. The quantitative estimate of drug-likeness (QED) is 0.894. The summed E-state index contributed by atoms with van der Waals surface area (Å²) in [5.74, 6) is 0. The van der Waals surface area contributed by atoms with Gasteiger partial charge in [0, 0.05) is 16.1 Å². The van der Waals surface area contributed by atoms with E-state index in [0.29, 0.717) is 0 Å². The van der Waals surface area contributed by atoms with Gasteiger partial charge < -0.3 is 5.11 Å². The summed E-state index contributed by atoms with van der Waals surface area (Å²) in [6.07, 6.45) is 0.822. The normalized spacial score (nSPS) is 11.8. The number of rotatable bonds is 3. The molecule has 0 heterocycles. The van der Waals surface area contributed by atoms with E-state index in [-0.39, 0.29) is 12.0 Å². The van der Waals surface area contributed by atoms with Gasteiger partial charge in [0.1, 0.15) is 0 Å². The number of benzene rings is 1. The molecule has 1 nitrogen and oxygen atoms in total. The zero-order valence-corrected chi connectivity index (χ0v) is 10.7. The first-order valence-corrected chi connectivity index (χ1v) is 5.66. The van der Waals surface area contributed by atoms with Crippen molar-refractivity contribution in [3.63, 3.8) is 0 Å². The summed E-state index contributed by atoms with van der Waals surface area (Å²) in [6, 6.07) is 5.82. The van der Waals surface area contributed by atoms with Crippen molar-refractivity contribution in [2.75, 3.05) is 6.61 Å². The SMILES string of the molecule is CC(C)(CO)Cc1cc(Cl)cc(Br)c1. The second kappa shape index (κ2) is 4.65. The lowest BCUT2D eigenvalue weighted by Crippen LogP contribution is -2.19. The Hall–Kier alpha value is -0.0500. The van der Waals surface area contributed by atoms with Crippen molar-refractivity contribution in [1.82, 2.24) is 0 Å². The highest BCUT2D eigenvalue weighted by Crippen LogP contribution is 2.26. The van der Waals surface area contributed by atoms with Gasteiger partial charge in [-0.25, -0.2) is 0 Å². The molecule has 0 radical (unpaired) electrons. The van der Waals surface area contributed by atoms with Gasteiger partial charge in [0.2, 0.25) is 0 Å². The average molecular weight is 278 g/mol. The van der Waals surface area contributed by atoms with Crippen LogP contribution in [0.5, 0.6) is 0 Å². The Morgan fingerprint density at radius 3 is 2.50 bits per heavy atom. The molecule has 14 heavy (non-hydrogen) atoms. The molecule has 1 aromatic carbocycles. The number of aliphatic hydroxyl groups is 1. The predicted molar refractivity (Wildman–Crippen MR) is 63.7 cm³/mol. The van der Waals surface area contributed by atoms with Crippen LogP contribution in [0.1, 0.15) is 19.4 Å². The second-order valence-electron chi connectivity index (χ2n) is 4.28. The highest BCUT2D eigenvalue weighted by Gasteiger charge is 2.17. The lowest BCUT2D eigenvalue weighted by Gasteiger charge is -2.21. The fraction of sp³-hybridized carbons (Fsp3) is 0.455. The van der Waals surface area contributed by atoms with E-state index in [2.05, 4.69) is 15.9 Å². The maximum absolute atomic E-state index is 9.15. The molecule has 0 aliphatic heterocycles. The molecular weight excluding hydrogens is 263 g/mol. The minimum Gasteiger partial charge on any atom is -0.396 e. The molecule has 0 bridgehead atoms. The van der Waals surface area contributed by atoms with Gasteiger partial charge in [-0.15, -0.1) is 0 Å². The van der Waals surface area contributed by atoms with Crippen LogP contribution in [0.4, 0.5) is 0 Å². The van der Waals surface area contributed by atoms with Gasteiger partial charge in [-0.05, 0) is 35.6 Å². The molecule has 0 aromatic heterocycles. The second-order valence-corrected chi connectivity index (χ2v) is 5.63. The molecule has 0 unspecified atom stereocenters. The fourth-order valence-corrected chi connectivity index (χ4v) is 2.25. The van der Waals surface area contributed by atoms with Gasteiger partial charge in [0.05, 0.1) is 0 Å². The average Bonchev–Trinajstić information content (AvgIpc) is 2.01. The van der Waals surface area contributed by atoms with Crippen LogP contribution in [-0.2, 0) is 6.42 Å². The van der Waals surface area contributed by atoms with Gasteiger partial charge >= 0.3 is 0 Å². The van der Waals surface area contributed by atoms with E-state index in [9.17, 15) is 0 Å². The van der Waals surface area contributed by atoms with Crippen molar-refractivity contribution < 1.29 is 5.11 Å². The Kier molecular flexibility index (Phi) is 3.99. The van der Waals surface area contributed by atoms with E-state index < -0.39 is 0 Å². The first-order valence-electron chi connectivity index (χ1n) is 4.49. The molecule has 0 spiro atoms. The predicted octanol–water partition coefficient (Wildman–Crippen LogP) is 3.66. The van der Waals surface area contributed by atoms with Gasteiger partial charge in [0.25, 0.3) is 0 Å². The smallest absolute Gasteiger partial charge is 0.0485 e. The third kappa shape index (κ3) is 3.60. The highest BCUT2D eigenvalue weighted by molar-refractivity contribution is 9.10. The Labute approximate surface area is 98.2 Å². The molecule has 78 valence electrons. The largest absolute Gasteiger partial charge is 0.396 e. The van der Waals surface area contributed by atoms with E-state index in [0.717, 1.165) is 21.5 Å². The first kappa shape index (κ1) is 12.0. The maximum Gasteiger partial charge on any atom is 0.0485 e.